The Morgan fingerprint density at radius 2 is 1.88 bits per heavy atom. The summed E-state index contributed by atoms with van der Waals surface area (Å²) in [4.78, 5) is 34.3. The smallest absolute Gasteiger partial charge is 0.271 e. The summed E-state index contributed by atoms with van der Waals surface area (Å²) < 4.78 is 4.96. The van der Waals surface area contributed by atoms with Crippen LogP contribution in [-0.4, -0.2) is 34.9 Å². The summed E-state index contributed by atoms with van der Waals surface area (Å²) in [5, 5.41) is 22.9. The third kappa shape index (κ3) is 4.31. The fraction of sp³-hybridized carbons (Fsp3) is 0.125. The number of aliphatic hydroxyl groups is 1. The van der Waals surface area contributed by atoms with Crippen LogP contribution in [-0.2, 0) is 4.79 Å². The van der Waals surface area contributed by atoms with E-state index in [4.69, 9.17) is 16.3 Å². The number of hydrogen-bond acceptors (Lipinski definition) is 6. The van der Waals surface area contributed by atoms with E-state index in [9.17, 15) is 24.8 Å². The Hall–Kier alpha value is -2.97. The minimum Gasteiger partial charge on any atom is -0.497 e. The molecule has 130 valence electrons. The Labute approximate surface area is 147 Å². The van der Waals surface area contributed by atoms with Crippen molar-refractivity contribution < 1.29 is 24.4 Å². The number of aliphatic hydroxyl groups excluding tert-OH is 1. The van der Waals surface area contributed by atoms with Crippen molar-refractivity contribution in [2.45, 2.75) is 6.10 Å². The molecule has 2 N–H and O–H groups in total. The fourth-order valence-corrected chi connectivity index (χ4v) is 2.12. The standard InChI is InChI=1S/C16H13ClN2O6/c1-25-11-5-2-9(3-6-11)14(20)15(21)16(22)18-13-8-10(19(23)24)4-7-12(13)17/h2-8,15,21H,1H3,(H,18,22). The summed E-state index contributed by atoms with van der Waals surface area (Å²) in [6.45, 7) is 0. The normalized spacial score (nSPS) is 11.5. The number of carbonyl (C=O) groups is 2. The lowest BCUT2D eigenvalue weighted by molar-refractivity contribution is -0.384. The van der Waals surface area contributed by atoms with Gasteiger partial charge in [0.25, 0.3) is 11.6 Å². The number of Topliss-reactive ketones (excluding diaryl/α,β-unsaturated/α-hetero) is 1. The number of ether oxygens (including phenoxy) is 1. The number of nitro benzene ring substituents is 1. The van der Waals surface area contributed by atoms with Gasteiger partial charge in [-0.25, -0.2) is 0 Å². The first-order valence-electron chi connectivity index (χ1n) is 6.94. The SMILES string of the molecule is COc1ccc(C(=O)C(O)C(=O)Nc2cc([N+](=O)[O-])ccc2Cl)cc1. The van der Waals surface area contributed by atoms with Crippen LogP contribution in [0.15, 0.2) is 42.5 Å². The fourth-order valence-electron chi connectivity index (χ4n) is 1.96. The van der Waals surface area contributed by atoms with Gasteiger partial charge in [0.2, 0.25) is 5.78 Å². The van der Waals surface area contributed by atoms with Gasteiger partial charge in [0.1, 0.15) is 5.75 Å². The molecule has 0 radical (unpaired) electrons. The molecule has 0 aromatic heterocycles. The average molecular weight is 365 g/mol. The van der Waals surface area contributed by atoms with E-state index in [2.05, 4.69) is 5.32 Å². The maximum absolute atomic E-state index is 12.1. The first kappa shape index (κ1) is 18.4. The molecule has 0 fully saturated rings. The molecule has 0 saturated heterocycles. The number of nitro groups is 1. The summed E-state index contributed by atoms with van der Waals surface area (Å²) in [6, 6.07) is 9.25. The van der Waals surface area contributed by atoms with Crippen LogP contribution in [0.25, 0.3) is 0 Å². The van der Waals surface area contributed by atoms with Crippen molar-refractivity contribution in [1.29, 1.82) is 0 Å². The van der Waals surface area contributed by atoms with E-state index in [-0.39, 0.29) is 22.0 Å². The Kier molecular flexibility index (Phi) is 5.68. The van der Waals surface area contributed by atoms with E-state index in [1.165, 1.54) is 37.4 Å². The molecule has 0 aliphatic carbocycles. The number of methoxy groups -OCH3 is 1. The highest BCUT2D eigenvalue weighted by Crippen LogP contribution is 2.27. The van der Waals surface area contributed by atoms with Gasteiger partial charge in [-0.3, -0.25) is 19.7 Å². The predicted octanol–water partition coefficient (Wildman–Crippen LogP) is 2.44. The number of amides is 1. The highest BCUT2D eigenvalue weighted by atomic mass is 35.5. The molecule has 0 bridgehead atoms. The number of non-ortho nitro benzene ring substituents is 1. The van der Waals surface area contributed by atoms with E-state index in [0.29, 0.717) is 5.75 Å². The van der Waals surface area contributed by atoms with Crippen LogP contribution in [0, 0.1) is 10.1 Å². The third-order valence-corrected chi connectivity index (χ3v) is 3.62. The number of ketones is 1. The summed E-state index contributed by atoms with van der Waals surface area (Å²) in [5.74, 6) is -1.37. The molecule has 0 aliphatic rings. The van der Waals surface area contributed by atoms with Crippen molar-refractivity contribution in [3.63, 3.8) is 0 Å². The topological polar surface area (TPSA) is 119 Å². The van der Waals surface area contributed by atoms with Crippen LogP contribution in [0.2, 0.25) is 5.02 Å². The highest BCUT2D eigenvalue weighted by molar-refractivity contribution is 6.34. The minimum atomic E-state index is -2.00. The molecule has 1 unspecified atom stereocenters. The zero-order chi connectivity index (χ0) is 18.6. The molecule has 1 atom stereocenters. The van der Waals surface area contributed by atoms with Crippen LogP contribution in [0.5, 0.6) is 5.75 Å². The second kappa shape index (κ2) is 7.73. The zero-order valence-electron chi connectivity index (χ0n) is 12.9. The molecule has 25 heavy (non-hydrogen) atoms. The zero-order valence-corrected chi connectivity index (χ0v) is 13.7. The van der Waals surface area contributed by atoms with Crippen molar-refractivity contribution in [1.82, 2.24) is 0 Å². The average Bonchev–Trinajstić information content (AvgIpc) is 2.62. The number of anilines is 1. The molecule has 0 aliphatic heterocycles. The predicted molar refractivity (Wildman–Crippen MR) is 90.1 cm³/mol. The van der Waals surface area contributed by atoms with E-state index in [1.807, 2.05) is 0 Å². The summed E-state index contributed by atoms with van der Waals surface area (Å²) in [5.41, 5.74) is -0.272. The molecule has 0 spiro atoms. The van der Waals surface area contributed by atoms with Crippen molar-refractivity contribution in [3.05, 3.63) is 63.2 Å². The molecule has 2 aromatic carbocycles. The van der Waals surface area contributed by atoms with Gasteiger partial charge in [0.15, 0.2) is 6.10 Å². The highest BCUT2D eigenvalue weighted by Gasteiger charge is 2.26. The molecule has 2 aromatic rings. The van der Waals surface area contributed by atoms with Gasteiger partial charge >= 0.3 is 0 Å². The van der Waals surface area contributed by atoms with Crippen LogP contribution in [0.4, 0.5) is 11.4 Å². The van der Waals surface area contributed by atoms with Crippen LogP contribution in [0.1, 0.15) is 10.4 Å². The Bertz CT molecular complexity index is 822. The van der Waals surface area contributed by atoms with Crippen molar-refractivity contribution in [2.24, 2.45) is 0 Å². The van der Waals surface area contributed by atoms with Crippen molar-refractivity contribution >= 4 is 34.7 Å². The van der Waals surface area contributed by atoms with Gasteiger partial charge < -0.3 is 15.2 Å². The van der Waals surface area contributed by atoms with E-state index < -0.39 is 22.7 Å². The van der Waals surface area contributed by atoms with E-state index in [0.717, 1.165) is 12.1 Å². The molecule has 9 heteroatoms. The second-order valence-electron chi connectivity index (χ2n) is 4.91. The van der Waals surface area contributed by atoms with E-state index in [1.54, 1.807) is 0 Å². The van der Waals surface area contributed by atoms with Gasteiger partial charge in [0, 0.05) is 17.7 Å². The van der Waals surface area contributed by atoms with Crippen LogP contribution >= 0.6 is 11.6 Å². The molecule has 2 rings (SSSR count). The Morgan fingerprint density at radius 1 is 1.24 bits per heavy atom. The first-order valence-corrected chi connectivity index (χ1v) is 7.32. The quantitative estimate of drug-likeness (QED) is 0.351. The Morgan fingerprint density at radius 3 is 2.44 bits per heavy atom. The van der Waals surface area contributed by atoms with Gasteiger partial charge in [-0.1, -0.05) is 11.6 Å². The number of hydrogen-bond donors (Lipinski definition) is 2. The number of nitrogens with one attached hydrogen (secondary N) is 1. The van der Waals surface area contributed by atoms with Gasteiger partial charge in [-0.15, -0.1) is 0 Å². The maximum atomic E-state index is 12.1. The third-order valence-electron chi connectivity index (χ3n) is 3.29. The van der Waals surface area contributed by atoms with Crippen LogP contribution < -0.4 is 10.1 Å². The molecule has 0 heterocycles. The molecular formula is C16H13ClN2O6. The monoisotopic (exact) mass is 364 g/mol. The van der Waals surface area contributed by atoms with Crippen molar-refractivity contribution in [3.8, 4) is 5.75 Å². The Balaban J connectivity index is 2.15. The molecule has 1 amide bonds. The van der Waals surface area contributed by atoms with Gasteiger partial charge in [-0.05, 0) is 30.3 Å². The van der Waals surface area contributed by atoms with Gasteiger partial charge in [-0.2, -0.15) is 0 Å². The summed E-state index contributed by atoms with van der Waals surface area (Å²) in [6.07, 6.45) is -2.00. The lowest BCUT2D eigenvalue weighted by Crippen LogP contribution is -2.35. The molecular weight excluding hydrogens is 352 g/mol. The largest absolute Gasteiger partial charge is 0.497 e. The second-order valence-corrected chi connectivity index (χ2v) is 5.31. The summed E-state index contributed by atoms with van der Waals surface area (Å²) in [7, 11) is 1.46. The van der Waals surface area contributed by atoms with E-state index >= 15 is 0 Å². The van der Waals surface area contributed by atoms with Crippen LogP contribution in [0.3, 0.4) is 0 Å². The minimum absolute atomic E-state index is 0.0306. The number of carbonyl (C=O) groups excluding carboxylic acids is 2. The number of halogens is 1. The first-order chi connectivity index (χ1) is 11.8. The molecule has 8 nitrogen and oxygen atoms in total. The van der Waals surface area contributed by atoms with Gasteiger partial charge in [0.05, 0.1) is 22.7 Å². The van der Waals surface area contributed by atoms with Crippen molar-refractivity contribution in [2.75, 3.05) is 12.4 Å². The molecule has 0 saturated carbocycles. The maximum Gasteiger partial charge on any atom is 0.271 e. The number of rotatable bonds is 6. The number of nitrogens with zero attached hydrogens (tertiary/aromatic N) is 1. The lowest BCUT2D eigenvalue weighted by atomic mass is 10.1. The summed E-state index contributed by atoms with van der Waals surface area (Å²) >= 11 is 5.86. The lowest BCUT2D eigenvalue weighted by Gasteiger charge is -2.12. The number of benzene rings is 2.